The molecule has 1 aliphatic rings. The maximum absolute atomic E-state index is 11.3. The number of carbonyl (C=O) groups is 1. The fourth-order valence-corrected chi connectivity index (χ4v) is 3.63. The molecule has 2 aromatic heterocycles. The summed E-state index contributed by atoms with van der Waals surface area (Å²) in [4.78, 5) is 16.5. The van der Waals surface area contributed by atoms with Crippen LogP contribution in [0.4, 0.5) is 0 Å². The van der Waals surface area contributed by atoms with Crippen LogP contribution in [-0.4, -0.2) is 21.8 Å². The fourth-order valence-electron chi connectivity index (χ4n) is 2.92. The summed E-state index contributed by atoms with van der Waals surface area (Å²) in [5.41, 5.74) is 0.539. The first kappa shape index (κ1) is 12.7. The van der Waals surface area contributed by atoms with Crippen molar-refractivity contribution in [2.45, 2.75) is 45.1 Å². The third kappa shape index (κ3) is 2.27. The van der Waals surface area contributed by atoms with Crippen LogP contribution in [0.3, 0.4) is 0 Å². The second-order valence-electron chi connectivity index (χ2n) is 5.08. The molecular formula is C14H18N2O2S. The van der Waals surface area contributed by atoms with Gasteiger partial charge in [-0.2, -0.15) is 4.98 Å². The Morgan fingerprint density at radius 3 is 3.16 bits per heavy atom. The van der Waals surface area contributed by atoms with E-state index >= 15 is 0 Å². The van der Waals surface area contributed by atoms with Crippen molar-refractivity contribution in [3.05, 3.63) is 17.3 Å². The van der Waals surface area contributed by atoms with E-state index in [1.807, 2.05) is 11.6 Å². The third-order valence-corrected chi connectivity index (χ3v) is 4.76. The molecule has 4 nitrogen and oxygen atoms in total. The van der Waals surface area contributed by atoms with Crippen molar-refractivity contribution in [2.24, 2.45) is 5.92 Å². The number of aromatic nitrogens is 2. The Bertz CT molecular complexity index is 575. The van der Waals surface area contributed by atoms with E-state index in [2.05, 4.69) is 11.9 Å². The highest BCUT2D eigenvalue weighted by Gasteiger charge is 2.27. The average Bonchev–Trinajstić information content (AvgIpc) is 2.99. The van der Waals surface area contributed by atoms with Gasteiger partial charge in [0.2, 0.25) is 5.88 Å². The molecule has 2 unspecified atom stereocenters. The lowest BCUT2D eigenvalue weighted by molar-refractivity contribution is 0.0845. The first-order valence-corrected chi connectivity index (χ1v) is 7.78. The minimum absolute atomic E-state index is 0.210. The molecule has 0 bridgehead atoms. The molecule has 5 heteroatoms. The predicted octanol–water partition coefficient (Wildman–Crippen LogP) is 3.56. The van der Waals surface area contributed by atoms with Gasteiger partial charge in [0.05, 0.1) is 0 Å². The highest BCUT2D eigenvalue weighted by atomic mass is 32.1. The molecule has 0 aliphatic heterocycles. The quantitative estimate of drug-likeness (QED) is 0.803. The minimum atomic E-state index is 0.210. The Hall–Kier alpha value is -1.36. The molecule has 0 radical (unpaired) electrons. The Morgan fingerprint density at radius 2 is 2.37 bits per heavy atom. The number of ether oxygens (including phenoxy) is 1. The number of nitrogens with zero attached hydrogens (tertiary/aromatic N) is 2. The number of fused-ring (bicyclic) bond motifs is 1. The van der Waals surface area contributed by atoms with E-state index in [1.165, 1.54) is 30.6 Å². The molecule has 1 fully saturated rings. The van der Waals surface area contributed by atoms with Gasteiger partial charge in [0.15, 0.2) is 16.9 Å². The van der Waals surface area contributed by atoms with Crippen molar-refractivity contribution < 1.29 is 9.53 Å². The minimum Gasteiger partial charge on any atom is -0.472 e. The molecule has 3 rings (SSSR count). The van der Waals surface area contributed by atoms with Gasteiger partial charge >= 0.3 is 0 Å². The van der Waals surface area contributed by atoms with Gasteiger partial charge in [-0.15, -0.1) is 11.3 Å². The van der Waals surface area contributed by atoms with Crippen LogP contribution in [0.1, 0.15) is 49.5 Å². The lowest BCUT2D eigenvalue weighted by Gasteiger charge is -2.30. The molecule has 102 valence electrons. The van der Waals surface area contributed by atoms with Crippen molar-refractivity contribution in [1.29, 1.82) is 0 Å². The summed E-state index contributed by atoms with van der Waals surface area (Å²) in [6.45, 7) is 2.21. The largest absolute Gasteiger partial charge is 0.472 e. The monoisotopic (exact) mass is 278 g/mol. The molecule has 19 heavy (non-hydrogen) atoms. The van der Waals surface area contributed by atoms with Crippen LogP contribution in [0.25, 0.3) is 4.96 Å². The molecule has 2 aromatic rings. The van der Waals surface area contributed by atoms with E-state index < -0.39 is 0 Å². The Balaban J connectivity index is 1.87. The summed E-state index contributed by atoms with van der Waals surface area (Å²) < 4.78 is 7.87. The molecule has 1 aliphatic carbocycles. The molecule has 2 heterocycles. The lowest BCUT2D eigenvalue weighted by atomic mass is 9.85. The Morgan fingerprint density at radius 1 is 1.53 bits per heavy atom. The zero-order valence-electron chi connectivity index (χ0n) is 11.0. The van der Waals surface area contributed by atoms with E-state index in [1.54, 1.807) is 4.40 Å². The molecular weight excluding hydrogens is 260 g/mol. The number of hydrogen-bond acceptors (Lipinski definition) is 4. The Kier molecular flexibility index (Phi) is 3.55. The first-order valence-electron chi connectivity index (χ1n) is 6.91. The number of carbonyl (C=O) groups excluding carboxylic acids is 1. The smallest absolute Gasteiger partial charge is 0.244 e. The van der Waals surface area contributed by atoms with Crippen molar-refractivity contribution in [2.75, 3.05) is 0 Å². The molecule has 0 N–H and O–H groups in total. The summed E-state index contributed by atoms with van der Waals surface area (Å²) in [6.07, 6.45) is 8.83. The van der Waals surface area contributed by atoms with Gasteiger partial charge in [0.25, 0.3) is 0 Å². The van der Waals surface area contributed by atoms with Crippen LogP contribution in [-0.2, 0) is 0 Å². The molecule has 2 atom stereocenters. The topological polar surface area (TPSA) is 43.6 Å². The van der Waals surface area contributed by atoms with E-state index in [0.29, 0.717) is 17.5 Å². The van der Waals surface area contributed by atoms with E-state index in [0.717, 1.165) is 24.1 Å². The predicted molar refractivity (Wildman–Crippen MR) is 75.1 cm³/mol. The van der Waals surface area contributed by atoms with Gasteiger partial charge in [0.1, 0.15) is 6.10 Å². The molecule has 0 spiro atoms. The highest BCUT2D eigenvalue weighted by Crippen LogP contribution is 2.31. The number of imidazole rings is 1. The van der Waals surface area contributed by atoms with Crippen molar-refractivity contribution in [3.63, 3.8) is 0 Å². The van der Waals surface area contributed by atoms with E-state index in [-0.39, 0.29) is 6.10 Å². The van der Waals surface area contributed by atoms with E-state index in [9.17, 15) is 4.79 Å². The number of thiazole rings is 1. The number of hydrogen-bond donors (Lipinski definition) is 0. The molecule has 0 amide bonds. The highest BCUT2D eigenvalue weighted by molar-refractivity contribution is 7.15. The zero-order valence-corrected chi connectivity index (χ0v) is 11.9. The SMILES string of the molecule is CCC1CCCCC1Oc1nc2sccn2c1C=O. The van der Waals surface area contributed by atoms with Crippen molar-refractivity contribution in [1.82, 2.24) is 9.38 Å². The van der Waals surface area contributed by atoms with Crippen LogP contribution >= 0.6 is 11.3 Å². The number of rotatable bonds is 4. The van der Waals surface area contributed by atoms with Gasteiger partial charge < -0.3 is 4.74 Å². The van der Waals surface area contributed by atoms with Gasteiger partial charge in [-0.3, -0.25) is 9.20 Å². The summed E-state index contributed by atoms with van der Waals surface area (Å²) in [6, 6.07) is 0. The second kappa shape index (κ2) is 5.33. The normalized spacial score (nSPS) is 23.6. The van der Waals surface area contributed by atoms with Crippen LogP contribution in [0, 0.1) is 5.92 Å². The molecule has 1 saturated carbocycles. The first-order chi connectivity index (χ1) is 9.33. The number of aldehydes is 1. The summed E-state index contributed by atoms with van der Waals surface area (Å²) >= 11 is 1.52. The second-order valence-corrected chi connectivity index (χ2v) is 5.96. The molecule has 0 aromatic carbocycles. The maximum atomic E-state index is 11.3. The van der Waals surface area contributed by atoms with Gasteiger partial charge in [-0.05, 0) is 31.6 Å². The van der Waals surface area contributed by atoms with Gasteiger partial charge in [-0.25, -0.2) is 0 Å². The van der Waals surface area contributed by atoms with Crippen LogP contribution < -0.4 is 4.74 Å². The maximum Gasteiger partial charge on any atom is 0.244 e. The summed E-state index contributed by atoms with van der Waals surface area (Å²) in [5, 5.41) is 1.93. The zero-order chi connectivity index (χ0) is 13.2. The van der Waals surface area contributed by atoms with Crippen LogP contribution in [0.15, 0.2) is 11.6 Å². The Labute approximate surface area is 116 Å². The molecule has 0 saturated heterocycles. The van der Waals surface area contributed by atoms with E-state index in [4.69, 9.17) is 4.74 Å². The third-order valence-electron chi connectivity index (χ3n) is 4.00. The van der Waals surface area contributed by atoms with Crippen molar-refractivity contribution >= 4 is 22.6 Å². The van der Waals surface area contributed by atoms with Crippen LogP contribution in [0.2, 0.25) is 0 Å². The standard InChI is InChI=1S/C14H18N2O2S/c1-2-10-5-3-4-6-12(10)18-13-11(9-17)16-7-8-19-14(16)15-13/h7-10,12H,2-6H2,1H3. The summed E-state index contributed by atoms with van der Waals surface area (Å²) in [5.74, 6) is 1.10. The summed E-state index contributed by atoms with van der Waals surface area (Å²) in [7, 11) is 0. The van der Waals surface area contributed by atoms with Crippen LogP contribution in [0.5, 0.6) is 5.88 Å². The lowest BCUT2D eigenvalue weighted by Crippen LogP contribution is -2.30. The van der Waals surface area contributed by atoms with Gasteiger partial charge in [0, 0.05) is 11.6 Å². The van der Waals surface area contributed by atoms with Crippen molar-refractivity contribution in [3.8, 4) is 5.88 Å². The van der Waals surface area contributed by atoms with Gasteiger partial charge in [-0.1, -0.05) is 13.3 Å². The fraction of sp³-hybridized carbons (Fsp3) is 0.571. The average molecular weight is 278 g/mol.